The highest BCUT2D eigenvalue weighted by Crippen LogP contribution is 2.28. The van der Waals surface area contributed by atoms with Crippen LogP contribution in [0.3, 0.4) is 0 Å². The standard InChI is InChI=1S/C15H11NO5/c16-7-14(18)20-9-2-4-11-10-3-1-8(17)5-12(10)15(19)21-13(11)6-9/h1-6,17H,7,16H2. The normalized spacial score (nSPS) is 10.9. The fraction of sp³-hybridized carbons (Fsp3) is 0.0667. The van der Waals surface area contributed by atoms with E-state index in [1.54, 1.807) is 18.2 Å². The molecule has 3 rings (SSSR count). The second-order valence-corrected chi connectivity index (χ2v) is 4.46. The summed E-state index contributed by atoms with van der Waals surface area (Å²) in [5, 5.41) is 11.1. The number of hydrogen-bond donors (Lipinski definition) is 2. The summed E-state index contributed by atoms with van der Waals surface area (Å²) in [4.78, 5) is 23.1. The number of aromatic hydroxyl groups is 1. The zero-order valence-corrected chi connectivity index (χ0v) is 10.8. The number of fused-ring (bicyclic) bond motifs is 3. The van der Waals surface area contributed by atoms with Gasteiger partial charge in [0.15, 0.2) is 0 Å². The number of benzene rings is 2. The summed E-state index contributed by atoms with van der Waals surface area (Å²) < 4.78 is 10.2. The van der Waals surface area contributed by atoms with Crippen LogP contribution >= 0.6 is 0 Å². The molecular weight excluding hydrogens is 274 g/mol. The van der Waals surface area contributed by atoms with Crippen LogP contribution in [-0.2, 0) is 4.79 Å². The molecule has 0 saturated heterocycles. The van der Waals surface area contributed by atoms with Gasteiger partial charge in [-0.15, -0.1) is 0 Å². The van der Waals surface area contributed by atoms with Crippen LogP contribution in [0.2, 0.25) is 0 Å². The SMILES string of the molecule is NCC(=O)Oc1ccc2c(c1)oc(=O)c1cc(O)ccc12. The highest BCUT2D eigenvalue weighted by Gasteiger charge is 2.10. The largest absolute Gasteiger partial charge is 0.508 e. The van der Waals surface area contributed by atoms with Gasteiger partial charge in [0, 0.05) is 16.8 Å². The highest BCUT2D eigenvalue weighted by atomic mass is 16.5. The van der Waals surface area contributed by atoms with Crippen molar-refractivity contribution in [2.24, 2.45) is 5.73 Å². The van der Waals surface area contributed by atoms with E-state index in [2.05, 4.69) is 0 Å². The lowest BCUT2D eigenvalue weighted by atomic mass is 10.1. The van der Waals surface area contributed by atoms with Crippen molar-refractivity contribution in [1.82, 2.24) is 0 Å². The minimum Gasteiger partial charge on any atom is -0.508 e. The predicted molar refractivity (Wildman–Crippen MR) is 76.3 cm³/mol. The third-order valence-electron chi connectivity index (χ3n) is 3.07. The van der Waals surface area contributed by atoms with Crippen molar-refractivity contribution in [2.75, 3.05) is 6.54 Å². The number of rotatable bonds is 2. The third-order valence-corrected chi connectivity index (χ3v) is 3.07. The molecule has 0 amide bonds. The van der Waals surface area contributed by atoms with Crippen molar-refractivity contribution in [2.45, 2.75) is 0 Å². The summed E-state index contributed by atoms with van der Waals surface area (Å²) in [6.07, 6.45) is 0. The van der Waals surface area contributed by atoms with E-state index in [1.807, 2.05) is 0 Å². The maximum absolute atomic E-state index is 11.9. The van der Waals surface area contributed by atoms with Gasteiger partial charge in [-0.1, -0.05) is 0 Å². The Labute approximate surface area is 118 Å². The van der Waals surface area contributed by atoms with E-state index in [1.165, 1.54) is 18.2 Å². The van der Waals surface area contributed by atoms with Gasteiger partial charge >= 0.3 is 11.6 Å². The molecule has 1 heterocycles. The molecule has 0 aliphatic carbocycles. The maximum atomic E-state index is 11.9. The first-order valence-corrected chi connectivity index (χ1v) is 6.19. The molecular formula is C15H11NO5. The molecule has 0 aliphatic heterocycles. The zero-order chi connectivity index (χ0) is 15.0. The third kappa shape index (κ3) is 2.32. The fourth-order valence-corrected chi connectivity index (χ4v) is 2.14. The average Bonchev–Trinajstić information content (AvgIpc) is 2.47. The molecule has 0 saturated carbocycles. The second-order valence-electron chi connectivity index (χ2n) is 4.46. The minimum absolute atomic E-state index is 0.0114. The monoisotopic (exact) mass is 285 g/mol. The lowest BCUT2D eigenvalue weighted by molar-refractivity contribution is -0.132. The predicted octanol–water partition coefficient (Wildman–Crippen LogP) is 1.52. The Morgan fingerprint density at radius 1 is 1.14 bits per heavy atom. The molecule has 0 atom stereocenters. The molecule has 0 spiro atoms. The molecule has 106 valence electrons. The Bertz CT molecular complexity index is 913. The van der Waals surface area contributed by atoms with E-state index >= 15 is 0 Å². The lowest BCUT2D eigenvalue weighted by Crippen LogP contribution is -2.19. The van der Waals surface area contributed by atoms with E-state index in [0.29, 0.717) is 16.4 Å². The molecule has 6 nitrogen and oxygen atoms in total. The van der Waals surface area contributed by atoms with Gasteiger partial charge in [0.05, 0.1) is 11.9 Å². The van der Waals surface area contributed by atoms with Crippen molar-refractivity contribution >= 4 is 27.7 Å². The van der Waals surface area contributed by atoms with Crippen molar-refractivity contribution in [3.8, 4) is 11.5 Å². The summed E-state index contributed by atoms with van der Waals surface area (Å²) in [6, 6.07) is 9.19. The number of ether oxygens (including phenoxy) is 1. The molecule has 3 N–H and O–H groups in total. The summed E-state index contributed by atoms with van der Waals surface area (Å²) in [7, 11) is 0. The topological polar surface area (TPSA) is 103 Å². The van der Waals surface area contributed by atoms with Crippen LogP contribution in [0.25, 0.3) is 21.7 Å². The number of phenols is 1. The Morgan fingerprint density at radius 3 is 2.67 bits per heavy atom. The molecule has 21 heavy (non-hydrogen) atoms. The van der Waals surface area contributed by atoms with Crippen LogP contribution in [0, 0.1) is 0 Å². The molecule has 0 bridgehead atoms. The van der Waals surface area contributed by atoms with Crippen LogP contribution in [0.4, 0.5) is 0 Å². The minimum atomic E-state index is -0.581. The van der Waals surface area contributed by atoms with E-state index in [9.17, 15) is 14.7 Å². The van der Waals surface area contributed by atoms with E-state index in [4.69, 9.17) is 14.9 Å². The second kappa shape index (κ2) is 4.92. The molecule has 3 aromatic rings. The maximum Gasteiger partial charge on any atom is 0.344 e. The zero-order valence-electron chi connectivity index (χ0n) is 10.8. The molecule has 0 unspecified atom stereocenters. The van der Waals surface area contributed by atoms with Crippen LogP contribution in [-0.4, -0.2) is 17.6 Å². The van der Waals surface area contributed by atoms with Gasteiger partial charge in [0.25, 0.3) is 0 Å². The first-order valence-electron chi connectivity index (χ1n) is 6.19. The van der Waals surface area contributed by atoms with E-state index in [0.717, 1.165) is 0 Å². The van der Waals surface area contributed by atoms with Crippen molar-refractivity contribution in [1.29, 1.82) is 0 Å². The molecule has 2 aromatic carbocycles. The van der Waals surface area contributed by atoms with Gasteiger partial charge in [-0.25, -0.2) is 4.79 Å². The molecule has 1 aromatic heterocycles. The Morgan fingerprint density at radius 2 is 1.90 bits per heavy atom. The quantitative estimate of drug-likeness (QED) is 0.320. The Balaban J connectivity index is 2.24. The number of carbonyl (C=O) groups is 1. The van der Waals surface area contributed by atoms with E-state index < -0.39 is 11.6 Å². The molecule has 6 heteroatoms. The van der Waals surface area contributed by atoms with Gasteiger partial charge in [-0.2, -0.15) is 0 Å². The van der Waals surface area contributed by atoms with Gasteiger partial charge in [0.1, 0.15) is 17.1 Å². The lowest BCUT2D eigenvalue weighted by Gasteiger charge is -2.06. The average molecular weight is 285 g/mol. The number of esters is 1. The number of nitrogens with two attached hydrogens (primary N) is 1. The highest BCUT2D eigenvalue weighted by molar-refractivity contribution is 6.05. The van der Waals surface area contributed by atoms with Crippen LogP contribution < -0.4 is 16.1 Å². The van der Waals surface area contributed by atoms with Gasteiger partial charge in [0.2, 0.25) is 0 Å². The molecule has 0 aliphatic rings. The summed E-state index contributed by atoms with van der Waals surface area (Å²) in [5.41, 5.74) is 4.89. The summed E-state index contributed by atoms with van der Waals surface area (Å²) in [6.45, 7) is -0.237. The summed E-state index contributed by atoms with van der Waals surface area (Å²) >= 11 is 0. The van der Waals surface area contributed by atoms with Crippen molar-refractivity contribution in [3.05, 3.63) is 46.8 Å². The van der Waals surface area contributed by atoms with Crippen molar-refractivity contribution in [3.63, 3.8) is 0 Å². The number of hydrogen-bond acceptors (Lipinski definition) is 6. The van der Waals surface area contributed by atoms with Gasteiger partial charge in [-0.05, 0) is 30.3 Å². The number of phenolic OH excluding ortho intramolecular Hbond substituents is 1. The van der Waals surface area contributed by atoms with Gasteiger partial charge < -0.3 is 20.0 Å². The summed E-state index contributed by atoms with van der Waals surface area (Å²) in [5.74, 6) is -0.343. The van der Waals surface area contributed by atoms with Crippen LogP contribution in [0.5, 0.6) is 11.5 Å². The molecule has 0 radical (unpaired) electrons. The Hall–Kier alpha value is -2.86. The smallest absolute Gasteiger partial charge is 0.344 e. The first kappa shape index (κ1) is 13.1. The first-order chi connectivity index (χ1) is 10.1. The number of carbonyl (C=O) groups excluding carboxylic acids is 1. The van der Waals surface area contributed by atoms with Crippen molar-refractivity contribution < 1.29 is 19.1 Å². The van der Waals surface area contributed by atoms with Crippen LogP contribution in [0.15, 0.2) is 45.6 Å². The Kier molecular flexibility index (Phi) is 3.08. The molecule has 0 fully saturated rings. The van der Waals surface area contributed by atoms with Crippen LogP contribution in [0.1, 0.15) is 0 Å². The fourth-order valence-electron chi connectivity index (χ4n) is 2.14. The van der Waals surface area contributed by atoms with E-state index in [-0.39, 0.29) is 23.4 Å². The van der Waals surface area contributed by atoms with Gasteiger partial charge in [-0.3, -0.25) is 4.79 Å².